The van der Waals surface area contributed by atoms with Crippen molar-refractivity contribution < 1.29 is 13.9 Å². The number of carbonyl (C=O) groups excluding carboxylic acids is 1. The van der Waals surface area contributed by atoms with Crippen LogP contribution in [0.1, 0.15) is 56.5 Å². The number of unbranched alkanes of at least 4 members (excludes halogenated alkanes) is 2. The van der Waals surface area contributed by atoms with Gasteiger partial charge in [-0.05, 0) is 42.5 Å². The second kappa shape index (κ2) is 9.87. The number of ether oxygens (including phenoxy) is 1. The van der Waals surface area contributed by atoms with E-state index in [4.69, 9.17) is 4.74 Å². The molecule has 0 aliphatic carbocycles. The number of rotatable bonds is 9. The van der Waals surface area contributed by atoms with Crippen molar-refractivity contribution in [3.8, 4) is 5.75 Å². The van der Waals surface area contributed by atoms with Crippen LogP contribution in [0, 0.1) is 5.82 Å². The molecule has 0 saturated carbocycles. The average Bonchev–Trinajstić information content (AvgIpc) is 2.63. The Morgan fingerprint density at radius 2 is 1.76 bits per heavy atom. The molecule has 0 aliphatic rings. The van der Waals surface area contributed by atoms with E-state index in [-0.39, 0.29) is 12.2 Å². The number of aryl methyl sites for hydroxylation is 3. The van der Waals surface area contributed by atoms with E-state index in [0.29, 0.717) is 6.42 Å². The lowest BCUT2D eigenvalue weighted by molar-refractivity contribution is -0.134. The molecule has 2 rings (SSSR count). The van der Waals surface area contributed by atoms with Crippen molar-refractivity contribution in [2.45, 2.75) is 58.8 Å². The molecule has 1 aromatic carbocycles. The highest BCUT2D eigenvalue weighted by Gasteiger charge is 2.09. The molecule has 0 bridgehead atoms. The van der Waals surface area contributed by atoms with Crippen molar-refractivity contribution >= 4 is 5.97 Å². The Balaban J connectivity index is 1.88. The van der Waals surface area contributed by atoms with Gasteiger partial charge in [-0.15, -0.1) is 0 Å². The van der Waals surface area contributed by atoms with Crippen LogP contribution in [-0.2, 0) is 24.1 Å². The van der Waals surface area contributed by atoms with E-state index in [1.807, 2.05) is 12.4 Å². The molecule has 4 nitrogen and oxygen atoms in total. The first kappa shape index (κ1) is 19.0. The van der Waals surface area contributed by atoms with Crippen LogP contribution in [0.3, 0.4) is 0 Å². The fourth-order valence-corrected chi connectivity index (χ4v) is 2.44. The van der Waals surface area contributed by atoms with Gasteiger partial charge in [0.2, 0.25) is 0 Å². The third kappa shape index (κ3) is 6.25. The topological polar surface area (TPSA) is 52.1 Å². The molecule has 0 N–H and O–H groups in total. The van der Waals surface area contributed by atoms with E-state index in [1.54, 1.807) is 13.0 Å². The molecule has 0 amide bonds. The molecule has 0 radical (unpaired) electrons. The van der Waals surface area contributed by atoms with Crippen LogP contribution in [0.25, 0.3) is 0 Å². The Morgan fingerprint density at radius 3 is 2.40 bits per heavy atom. The van der Waals surface area contributed by atoms with Crippen LogP contribution in [0.2, 0.25) is 0 Å². The predicted octanol–water partition coefficient (Wildman–Crippen LogP) is 4.45. The largest absolute Gasteiger partial charge is 0.423 e. The van der Waals surface area contributed by atoms with E-state index in [0.717, 1.165) is 36.2 Å². The third-order valence-corrected chi connectivity index (χ3v) is 3.97. The Kier molecular flexibility index (Phi) is 7.51. The molecule has 2 aromatic rings. The van der Waals surface area contributed by atoms with E-state index >= 15 is 0 Å². The van der Waals surface area contributed by atoms with Gasteiger partial charge in [0.1, 0.15) is 5.82 Å². The maximum Gasteiger partial charge on any atom is 0.310 e. The Hall–Kier alpha value is -2.30. The lowest BCUT2D eigenvalue weighted by Gasteiger charge is -2.07. The summed E-state index contributed by atoms with van der Waals surface area (Å²) < 4.78 is 18.9. The number of hydrogen-bond donors (Lipinski definition) is 0. The van der Waals surface area contributed by atoms with Gasteiger partial charge in [-0.2, -0.15) is 0 Å². The zero-order valence-electron chi connectivity index (χ0n) is 14.9. The number of hydrogen-bond acceptors (Lipinski definition) is 4. The SMILES string of the molecule is CCCCCc1ncc(CCc2ccc(OC(=O)CC)c(F)c2)cn1. The summed E-state index contributed by atoms with van der Waals surface area (Å²) in [5, 5.41) is 0. The minimum Gasteiger partial charge on any atom is -0.423 e. The maximum atomic E-state index is 14.0. The van der Waals surface area contributed by atoms with Crippen LogP contribution in [0.5, 0.6) is 5.75 Å². The molecule has 134 valence electrons. The summed E-state index contributed by atoms with van der Waals surface area (Å²) in [6.07, 6.45) is 9.74. The van der Waals surface area contributed by atoms with Gasteiger partial charge in [-0.3, -0.25) is 4.79 Å². The summed E-state index contributed by atoms with van der Waals surface area (Å²) in [6.45, 7) is 3.85. The van der Waals surface area contributed by atoms with Gasteiger partial charge >= 0.3 is 5.97 Å². The number of aromatic nitrogens is 2. The first-order chi connectivity index (χ1) is 12.1. The number of benzene rings is 1. The molecule has 0 atom stereocenters. The molecule has 0 fully saturated rings. The molecular formula is C20H25FN2O2. The number of halogens is 1. The standard InChI is InChI=1S/C20H25FN2O2/c1-3-5-6-7-19-22-13-16(14-23-19)9-8-15-10-11-18(17(21)12-15)25-20(24)4-2/h10-14H,3-9H2,1-2H3. The molecular weight excluding hydrogens is 319 g/mol. The zero-order chi connectivity index (χ0) is 18.1. The van der Waals surface area contributed by atoms with Gasteiger partial charge in [0.05, 0.1) is 0 Å². The molecule has 5 heteroatoms. The third-order valence-electron chi connectivity index (χ3n) is 3.97. The van der Waals surface area contributed by atoms with E-state index in [9.17, 15) is 9.18 Å². The van der Waals surface area contributed by atoms with Crippen molar-refractivity contribution in [2.75, 3.05) is 0 Å². The first-order valence-electron chi connectivity index (χ1n) is 8.91. The number of carbonyl (C=O) groups is 1. The van der Waals surface area contributed by atoms with Crippen molar-refractivity contribution in [3.63, 3.8) is 0 Å². The summed E-state index contributed by atoms with van der Waals surface area (Å²) >= 11 is 0. The van der Waals surface area contributed by atoms with Gasteiger partial charge in [0.15, 0.2) is 11.6 Å². The van der Waals surface area contributed by atoms with Crippen LogP contribution in [0.15, 0.2) is 30.6 Å². The summed E-state index contributed by atoms with van der Waals surface area (Å²) in [4.78, 5) is 20.0. The molecule has 0 spiro atoms. The molecule has 0 aliphatic heterocycles. The fraction of sp³-hybridized carbons (Fsp3) is 0.450. The fourth-order valence-electron chi connectivity index (χ4n) is 2.44. The lowest BCUT2D eigenvalue weighted by Crippen LogP contribution is -2.07. The molecule has 1 heterocycles. The van der Waals surface area contributed by atoms with Gasteiger partial charge in [0.25, 0.3) is 0 Å². The van der Waals surface area contributed by atoms with Crippen molar-refractivity contribution in [1.29, 1.82) is 0 Å². The molecule has 25 heavy (non-hydrogen) atoms. The monoisotopic (exact) mass is 344 g/mol. The number of nitrogens with zero attached hydrogens (tertiary/aromatic N) is 2. The van der Waals surface area contributed by atoms with E-state index < -0.39 is 11.8 Å². The van der Waals surface area contributed by atoms with Gasteiger partial charge in [-0.1, -0.05) is 32.8 Å². The Bertz CT molecular complexity index is 687. The van der Waals surface area contributed by atoms with Crippen molar-refractivity contribution in [1.82, 2.24) is 9.97 Å². The van der Waals surface area contributed by atoms with Gasteiger partial charge < -0.3 is 4.74 Å². The summed E-state index contributed by atoms with van der Waals surface area (Å²) in [5.41, 5.74) is 1.88. The number of esters is 1. The Labute approximate surface area is 148 Å². The molecule has 1 aromatic heterocycles. The van der Waals surface area contributed by atoms with Crippen LogP contribution >= 0.6 is 0 Å². The minimum absolute atomic E-state index is 0.0182. The van der Waals surface area contributed by atoms with E-state index in [1.165, 1.54) is 25.0 Å². The maximum absolute atomic E-state index is 14.0. The minimum atomic E-state index is -0.512. The normalized spacial score (nSPS) is 10.7. The second-order valence-corrected chi connectivity index (χ2v) is 6.06. The highest BCUT2D eigenvalue weighted by molar-refractivity contribution is 5.71. The van der Waals surface area contributed by atoms with Gasteiger partial charge in [-0.25, -0.2) is 14.4 Å². The highest BCUT2D eigenvalue weighted by atomic mass is 19.1. The Morgan fingerprint density at radius 1 is 1.04 bits per heavy atom. The predicted molar refractivity (Wildman–Crippen MR) is 95.0 cm³/mol. The zero-order valence-corrected chi connectivity index (χ0v) is 14.9. The first-order valence-corrected chi connectivity index (χ1v) is 8.91. The van der Waals surface area contributed by atoms with Crippen molar-refractivity contribution in [3.05, 3.63) is 53.4 Å². The smallest absolute Gasteiger partial charge is 0.310 e. The average molecular weight is 344 g/mol. The van der Waals surface area contributed by atoms with Crippen molar-refractivity contribution in [2.24, 2.45) is 0 Å². The summed E-state index contributed by atoms with van der Waals surface area (Å²) in [5.74, 6) is -0.0923. The quantitative estimate of drug-likeness (QED) is 0.383. The molecule has 0 unspecified atom stereocenters. The van der Waals surface area contributed by atoms with Gasteiger partial charge in [0, 0.05) is 25.2 Å². The summed E-state index contributed by atoms with van der Waals surface area (Å²) in [6, 6.07) is 4.70. The van der Waals surface area contributed by atoms with Crippen LogP contribution < -0.4 is 4.74 Å². The van der Waals surface area contributed by atoms with Crippen LogP contribution in [-0.4, -0.2) is 15.9 Å². The molecule has 0 saturated heterocycles. The summed E-state index contributed by atoms with van der Waals surface area (Å²) in [7, 11) is 0. The lowest BCUT2D eigenvalue weighted by atomic mass is 10.1. The second-order valence-electron chi connectivity index (χ2n) is 6.06. The van der Waals surface area contributed by atoms with Crippen LogP contribution in [0.4, 0.5) is 4.39 Å². The van der Waals surface area contributed by atoms with E-state index in [2.05, 4.69) is 16.9 Å². The highest BCUT2D eigenvalue weighted by Crippen LogP contribution is 2.20.